The number of anilines is 1. The predicted octanol–water partition coefficient (Wildman–Crippen LogP) is 3.71. The molecule has 0 aromatic carbocycles. The molecule has 2 heterocycles. The van der Waals surface area contributed by atoms with Gasteiger partial charge in [0.1, 0.15) is 0 Å². The zero-order valence-corrected chi connectivity index (χ0v) is 11.0. The summed E-state index contributed by atoms with van der Waals surface area (Å²) >= 11 is 10.5. The van der Waals surface area contributed by atoms with Gasteiger partial charge in [0.15, 0.2) is 11.6 Å². The molecule has 7 heteroatoms. The zero-order valence-electron chi connectivity index (χ0n) is 7.88. The first-order valence-corrected chi connectivity index (χ1v) is 6.35. The molecular weight excluding hydrogens is 317 g/mol. The number of halogens is 3. The van der Waals surface area contributed by atoms with Crippen LogP contribution in [-0.4, -0.2) is 9.97 Å². The van der Waals surface area contributed by atoms with Crippen LogP contribution in [0.5, 0.6) is 0 Å². The molecule has 0 atom stereocenters. The van der Waals surface area contributed by atoms with Crippen LogP contribution in [0.1, 0.15) is 4.88 Å². The summed E-state index contributed by atoms with van der Waals surface area (Å²) < 4.78 is 14.2. The summed E-state index contributed by atoms with van der Waals surface area (Å²) in [6.45, 7) is 0.501. The summed E-state index contributed by atoms with van der Waals surface area (Å²) in [4.78, 5) is 8.36. The molecule has 0 aliphatic rings. The highest BCUT2D eigenvalue weighted by Gasteiger charge is 2.06. The van der Waals surface area contributed by atoms with E-state index in [1.54, 1.807) is 11.3 Å². The third-order valence-electron chi connectivity index (χ3n) is 1.77. The highest BCUT2D eigenvalue weighted by molar-refractivity contribution is 9.10. The lowest BCUT2D eigenvalue weighted by Gasteiger charge is -2.04. The van der Waals surface area contributed by atoms with E-state index < -0.39 is 5.82 Å². The summed E-state index contributed by atoms with van der Waals surface area (Å²) in [5.74, 6) is -0.399. The molecule has 0 saturated heterocycles. The first-order valence-electron chi connectivity index (χ1n) is 4.30. The van der Waals surface area contributed by atoms with Crippen molar-refractivity contribution in [2.45, 2.75) is 6.54 Å². The lowest BCUT2D eigenvalue weighted by molar-refractivity contribution is 0.616. The van der Waals surface area contributed by atoms with Gasteiger partial charge in [-0.25, -0.2) is 9.37 Å². The van der Waals surface area contributed by atoms with E-state index >= 15 is 0 Å². The first kappa shape index (κ1) is 11.8. The predicted molar refractivity (Wildman–Crippen MR) is 66.3 cm³/mol. The van der Waals surface area contributed by atoms with Crippen molar-refractivity contribution in [2.24, 2.45) is 0 Å². The molecule has 0 unspecified atom stereocenters. The van der Waals surface area contributed by atoms with E-state index in [9.17, 15) is 4.39 Å². The fourth-order valence-corrected chi connectivity index (χ4v) is 2.61. The van der Waals surface area contributed by atoms with Crippen LogP contribution in [-0.2, 0) is 6.54 Å². The van der Waals surface area contributed by atoms with Gasteiger partial charge in [-0.15, -0.1) is 11.3 Å². The van der Waals surface area contributed by atoms with E-state index in [0.29, 0.717) is 6.54 Å². The first-order chi connectivity index (χ1) is 7.65. The topological polar surface area (TPSA) is 37.8 Å². The number of hydrogen-bond donors (Lipinski definition) is 1. The Morgan fingerprint density at radius 3 is 3.06 bits per heavy atom. The van der Waals surface area contributed by atoms with Gasteiger partial charge in [0.2, 0.25) is 5.28 Å². The number of nitrogens with one attached hydrogen (secondary N) is 1. The van der Waals surface area contributed by atoms with Crippen LogP contribution in [0.2, 0.25) is 5.28 Å². The normalized spacial score (nSPS) is 10.4. The molecule has 0 aliphatic carbocycles. The van der Waals surface area contributed by atoms with Gasteiger partial charge in [0.25, 0.3) is 0 Å². The van der Waals surface area contributed by atoms with Crippen molar-refractivity contribution in [3.05, 3.63) is 38.1 Å². The van der Waals surface area contributed by atoms with E-state index in [0.717, 1.165) is 15.5 Å². The van der Waals surface area contributed by atoms with Gasteiger partial charge in [-0.2, -0.15) is 4.98 Å². The highest BCUT2D eigenvalue weighted by Crippen LogP contribution is 2.21. The van der Waals surface area contributed by atoms with E-state index in [2.05, 4.69) is 31.2 Å². The molecule has 16 heavy (non-hydrogen) atoms. The maximum absolute atomic E-state index is 13.2. The summed E-state index contributed by atoms with van der Waals surface area (Å²) in [6.07, 6.45) is 1.04. The van der Waals surface area contributed by atoms with Crippen molar-refractivity contribution < 1.29 is 4.39 Å². The molecule has 0 amide bonds. The summed E-state index contributed by atoms with van der Waals surface area (Å²) in [5, 5.41) is 4.85. The van der Waals surface area contributed by atoms with E-state index in [4.69, 9.17) is 11.6 Å². The van der Waals surface area contributed by atoms with Gasteiger partial charge >= 0.3 is 0 Å². The lowest BCUT2D eigenvalue weighted by Crippen LogP contribution is -2.03. The number of hydrogen-bond acceptors (Lipinski definition) is 4. The molecule has 0 bridgehead atoms. The molecular formula is C9H6BrClFN3S. The third kappa shape index (κ3) is 2.90. The third-order valence-corrected chi connectivity index (χ3v) is 3.65. The minimum atomic E-state index is -0.514. The zero-order chi connectivity index (χ0) is 11.5. The van der Waals surface area contributed by atoms with E-state index in [-0.39, 0.29) is 11.1 Å². The second kappa shape index (κ2) is 5.07. The van der Waals surface area contributed by atoms with Crippen molar-refractivity contribution in [1.82, 2.24) is 9.97 Å². The van der Waals surface area contributed by atoms with Crippen molar-refractivity contribution in [3.63, 3.8) is 0 Å². The Morgan fingerprint density at radius 1 is 1.56 bits per heavy atom. The highest BCUT2D eigenvalue weighted by atomic mass is 79.9. The smallest absolute Gasteiger partial charge is 0.224 e. The van der Waals surface area contributed by atoms with Crippen molar-refractivity contribution in [1.29, 1.82) is 0 Å². The molecule has 0 spiro atoms. The van der Waals surface area contributed by atoms with Crippen LogP contribution >= 0.6 is 38.9 Å². The van der Waals surface area contributed by atoms with Gasteiger partial charge in [0.05, 0.1) is 12.7 Å². The molecule has 0 aliphatic heterocycles. The molecule has 0 fully saturated rings. The summed E-state index contributed by atoms with van der Waals surface area (Å²) in [6, 6.07) is 1.96. The Labute approximate surface area is 109 Å². The molecule has 0 saturated carbocycles. The van der Waals surface area contributed by atoms with Crippen molar-refractivity contribution in [3.8, 4) is 0 Å². The molecule has 3 nitrogen and oxygen atoms in total. The largest absolute Gasteiger partial charge is 0.363 e. The van der Waals surface area contributed by atoms with Gasteiger partial charge in [-0.3, -0.25) is 0 Å². The molecule has 84 valence electrons. The molecule has 2 rings (SSSR count). The quantitative estimate of drug-likeness (QED) is 0.876. The minimum Gasteiger partial charge on any atom is -0.363 e. The number of thiophene rings is 1. The average molecular weight is 323 g/mol. The summed E-state index contributed by atoms with van der Waals surface area (Å²) in [5.41, 5.74) is 0. The van der Waals surface area contributed by atoms with Gasteiger partial charge in [-0.05, 0) is 33.6 Å². The molecule has 2 aromatic heterocycles. The van der Waals surface area contributed by atoms with Gasteiger partial charge in [0, 0.05) is 14.7 Å². The Hall–Kier alpha value is -0.720. The van der Waals surface area contributed by atoms with Crippen molar-refractivity contribution >= 4 is 44.7 Å². The molecule has 2 aromatic rings. The standard InChI is InChI=1S/C9H6BrClFN3S/c10-5-1-6(16-4-5)2-13-8-7(12)3-14-9(11)15-8/h1,3-4H,2H2,(H,13,14,15). The second-order valence-corrected chi connectivity index (χ2v) is 5.17. The van der Waals surface area contributed by atoms with Crippen LogP contribution < -0.4 is 5.32 Å². The maximum atomic E-state index is 13.2. The monoisotopic (exact) mass is 321 g/mol. The Kier molecular flexibility index (Phi) is 3.73. The Balaban J connectivity index is 2.07. The maximum Gasteiger partial charge on any atom is 0.224 e. The SMILES string of the molecule is Fc1cnc(Cl)nc1NCc1cc(Br)cs1. The van der Waals surface area contributed by atoms with Crippen LogP contribution in [0.4, 0.5) is 10.2 Å². The minimum absolute atomic E-state index is 0.0243. The molecule has 1 N–H and O–H groups in total. The second-order valence-electron chi connectivity index (χ2n) is 2.92. The number of aromatic nitrogens is 2. The lowest BCUT2D eigenvalue weighted by atomic mass is 10.4. The van der Waals surface area contributed by atoms with Crippen molar-refractivity contribution in [2.75, 3.05) is 5.32 Å². The molecule has 0 radical (unpaired) electrons. The van der Waals surface area contributed by atoms with E-state index in [1.165, 1.54) is 0 Å². The fraction of sp³-hybridized carbons (Fsp3) is 0.111. The fourth-order valence-electron chi connectivity index (χ4n) is 1.09. The van der Waals surface area contributed by atoms with Crippen LogP contribution in [0.3, 0.4) is 0 Å². The Bertz CT molecular complexity index is 505. The van der Waals surface area contributed by atoms with E-state index in [1.807, 2.05) is 11.4 Å². The summed E-state index contributed by atoms with van der Waals surface area (Å²) in [7, 11) is 0. The number of nitrogens with zero attached hydrogens (tertiary/aromatic N) is 2. The van der Waals surface area contributed by atoms with Crippen LogP contribution in [0.15, 0.2) is 22.1 Å². The Morgan fingerprint density at radius 2 is 2.38 bits per heavy atom. The van der Waals surface area contributed by atoms with Gasteiger partial charge < -0.3 is 5.32 Å². The van der Waals surface area contributed by atoms with Crippen LogP contribution in [0.25, 0.3) is 0 Å². The average Bonchev–Trinajstić information content (AvgIpc) is 2.66. The van der Waals surface area contributed by atoms with Gasteiger partial charge in [-0.1, -0.05) is 0 Å². The number of rotatable bonds is 3. The van der Waals surface area contributed by atoms with Crippen LogP contribution in [0, 0.1) is 5.82 Å².